The van der Waals surface area contributed by atoms with Gasteiger partial charge in [-0.05, 0) is 31.0 Å². The molecule has 1 N–H and O–H groups in total. The van der Waals surface area contributed by atoms with E-state index in [9.17, 15) is 18.0 Å². The minimum atomic E-state index is -3.67. The fourth-order valence-corrected chi connectivity index (χ4v) is 4.89. The third-order valence-electron chi connectivity index (χ3n) is 4.98. The molecule has 0 radical (unpaired) electrons. The summed E-state index contributed by atoms with van der Waals surface area (Å²) in [5.74, 6) is -0.673. The van der Waals surface area contributed by atoms with E-state index in [2.05, 4.69) is 5.32 Å². The molecule has 0 atom stereocenters. The molecular weight excluding hydrogens is 424 g/mol. The first-order valence-electron chi connectivity index (χ1n) is 9.57. The van der Waals surface area contributed by atoms with E-state index < -0.39 is 21.9 Å². The summed E-state index contributed by atoms with van der Waals surface area (Å²) < 4.78 is 42.3. The Morgan fingerprint density at radius 2 is 1.61 bits per heavy atom. The number of ether oxygens (including phenoxy) is 3. The quantitative estimate of drug-likeness (QED) is 0.648. The molecule has 0 aromatic heterocycles. The highest BCUT2D eigenvalue weighted by molar-refractivity contribution is 7.89. The summed E-state index contributed by atoms with van der Waals surface area (Å²) in [6, 6.07) is 8.62. The van der Waals surface area contributed by atoms with Crippen LogP contribution in [0.3, 0.4) is 0 Å². The van der Waals surface area contributed by atoms with Gasteiger partial charge in [0.15, 0.2) is 11.5 Å². The van der Waals surface area contributed by atoms with Crippen molar-refractivity contribution in [2.75, 3.05) is 39.7 Å². The number of carbonyl (C=O) groups excluding carboxylic acids is 2. The summed E-state index contributed by atoms with van der Waals surface area (Å²) in [7, 11) is 0.394. The van der Waals surface area contributed by atoms with E-state index >= 15 is 0 Å². The molecule has 0 bridgehead atoms. The van der Waals surface area contributed by atoms with Crippen LogP contribution in [0.4, 0.5) is 5.69 Å². The topological polar surface area (TPSA) is 111 Å². The van der Waals surface area contributed by atoms with E-state index in [-0.39, 0.29) is 21.7 Å². The Kier molecular flexibility index (Phi) is 6.81. The molecule has 0 saturated carbocycles. The van der Waals surface area contributed by atoms with Crippen LogP contribution >= 0.6 is 0 Å². The number of esters is 1. The summed E-state index contributed by atoms with van der Waals surface area (Å²) in [6.07, 6.45) is 1.63. The average molecular weight is 448 g/mol. The number of carbonyl (C=O) groups is 2. The van der Waals surface area contributed by atoms with Gasteiger partial charge in [-0.25, -0.2) is 13.2 Å². The van der Waals surface area contributed by atoms with Crippen molar-refractivity contribution in [3.05, 3.63) is 47.5 Å². The van der Waals surface area contributed by atoms with Gasteiger partial charge in [-0.1, -0.05) is 6.07 Å². The Morgan fingerprint density at radius 1 is 0.968 bits per heavy atom. The average Bonchev–Trinajstić information content (AvgIpc) is 3.34. The van der Waals surface area contributed by atoms with Crippen LogP contribution in [0, 0.1) is 0 Å². The Hall–Kier alpha value is -3.11. The van der Waals surface area contributed by atoms with Crippen LogP contribution in [0.2, 0.25) is 0 Å². The lowest BCUT2D eigenvalue weighted by molar-refractivity contribution is 0.0601. The Labute approximate surface area is 181 Å². The van der Waals surface area contributed by atoms with E-state index in [0.717, 1.165) is 12.8 Å². The van der Waals surface area contributed by atoms with Crippen molar-refractivity contribution in [2.45, 2.75) is 17.7 Å². The molecule has 0 spiro atoms. The summed E-state index contributed by atoms with van der Waals surface area (Å²) >= 11 is 0. The first kappa shape index (κ1) is 22.6. The van der Waals surface area contributed by atoms with Crippen LogP contribution < -0.4 is 14.8 Å². The van der Waals surface area contributed by atoms with Gasteiger partial charge in [0.1, 0.15) is 0 Å². The Balaban J connectivity index is 1.94. The van der Waals surface area contributed by atoms with Crippen molar-refractivity contribution in [3.8, 4) is 11.5 Å². The summed E-state index contributed by atoms with van der Waals surface area (Å²) in [4.78, 5) is 25.1. The summed E-state index contributed by atoms with van der Waals surface area (Å²) in [6.45, 7) is 0.930. The minimum absolute atomic E-state index is 0.0440. The van der Waals surface area contributed by atoms with Crippen molar-refractivity contribution in [3.63, 3.8) is 0 Å². The number of anilines is 1. The molecule has 166 valence electrons. The molecule has 1 aliphatic heterocycles. The zero-order valence-electron chi connectivity index (χ0n) is 17.5. The largest absolute Gasteiger partial charge is 0.493 e. The smallest absolute Gasteiger partial charge is 0.340 e. The Bertz CT molecular complexity index is 1090. The predicted octanol–water partition coefficient (Wildman–Crippen LogP) is 2.53. The summed E-state index contributed by atoms with van der Waals surface area (Å²) in [5.41, 5.74) is 0.336. The molecule has 0 aliphatic carbocycles. The number of nitrogens with zero attached hydrogens (tertiary/aromatic N) is 1. The van der Waals surface area contributed by atoms with Crippen LogP contribution in [-0.2, 0) is 14.8 Å². The third kappa shape index (κ3) is 4.64. The van der Waals surface area contributed by atoms with E-state index in [4.69, 9.17) is 14.2 Å². The van der Waals surface area contributed by atoms with Crippen LogP contribution in [0.25, 0.3) is 0 Å². The molecule has 10 heteroatoms. The van der Waals surface area contributed by atoms with Gasteiger partial charge >= 0.3 is 5.97 Å². The number of sulfonamides is 1. The maximum absolute atomic E-state index is 12.9. The highest BCUT2D eigenvalue weighted by Crippen LogP contribution is 2.34. The van der Waals surface area contributed by atoms with Gasteiger partial charge in [-0.2, -0.15) is 4.31 Å². The Morgan fingerprint density at radius 3 is 2.23 bits per heavy atom. The fourth-order valence-electron chi connectivity index (χ4n) is 3.33. The molecule has 3 rings (SSSR count). The van der Waals surface area contributed by atoms with Crippen LogP contribution in [-0.4, -0.2) is 59.0 Å². The van der Waals surface area contributed by atoms with Gasteiger partial charge < -0.3 is 19.5 Å². The molecule has 1 heterocycles. The molecule has 1 saturated heterocycles. The number of amides is 1. The second-order valence-electron chi connectivity index (χ2n) is 6.84. The fraction of sp³-hybridized carbons (Fsp3) is 0.333. The first-order valence-corrected chi connectivity index (χ1v) is 11.0. The predicted molar refractivity (Wildman–Crippen MR) is 113 cm³/mol. The SMILES string of the molecule is COC(=O)c1cc(OC)c(OC)cc1NC(=O)c1cccc(S(=O)(=O)N2CCCC2)c1. The van der Waals surface area contributed by atoms with Gasteiger partial charge in [-0.3, -0.25) is 4.79 Å². The molecule has 1 fully saturated rings. The second kappa shape index (κ2) is 9.36. The van der Waals surface area contributed by atoms with E-state index in [1.165, 1.54) is 62.0 Å². The van der Waals surface area contributed by atoms with Crippen LogP contribution in [0.5, 0.6) is 11.5 Å². The van der Waals surface area contributed by atoms with Crippen molar-refractivity contribution in [1.82, 2.24) is 4.31 Å². The van der Waals surface area contributed by atoms with Gasteiger partial charge in [-0.15, -0.1) is 0 Å². The maximum Gasteiger partial charge on any atom is 0.340 e. The number of hydrogen-bond acceptors (Lipinski definition) is 7. The van der Waals surface area contributed by atoms with E-state index in [1.54, 1.807) is 0 Å². The zero-order valence-corrected chi connectivity index (χ0v) is 18.3. The molecule has 2 aromatic rings. The second-order valence-corrected chi connectivity index (χ2v) is 8.78. The number of nitrogens with one attached hydrogen (secondary N) is 1. The van der Waals surface area contributed by atoms with Crippen molar-refractivity contribution >= 4 is 27.6 Å². The van der Waals surface area contributed by atoms with Gasteiger partial charge in [0, 0.05) is 30.8 Å². The lowest BCUT2D eigenvalue weighted by Crippen LogP contribution is -2.28. The highest BCUT2D eigenvalue weighted by Gasteiger charge is 2.28. The number of benzene rings is 2. The normalized spacial score (nSPS) is 14.2. The van der Waals surface area contributed by atoms with Gasteiger partial charge in [0.2, 0.25) is 10.0 Å². The van der Waals surface area contributed by atoms with Crippen molar-refractivity contribution in [1.29, 1.82) is 0 Å². The standard InChI is InChI=1S/C21H24N2O7S/c1-28-18-12-16(21(25)30-3)17(13-19(18)29-2)22-20(24)14-7-6-8-15(11-14)31(26,27)23-9-4-5-10-23/h6-8,11-13H,4-5,9-10H2,1-3H3,(H,22,24). The first-order chi connectivity index (χ1) is 14.8. The van der Waals surface area contributed by atoms with Gasteiger partial charge in [0.05, 0.1) is 37.5 Å². The lowest BCUT2D eigenvalue weighted by atomic mass is 10.1. The molecule has 1 amide bonds. The molecule has 31 heavy (non-hydrogen) atoms. The van der Waals surface area contributed by atoms with Crippen molar-refractivity contribution in [2.24, 2.45) is 0 Å². The minimum Gasteiger partial charge on any atom is -0.493 e. The van der Waals surface area contributed by atoms with E-state index in [0.29, 0.717) is 24.6 Å². The maximum atomic E-state index is 12.9. The number of rotatable bonds is 7. The van der Waals surface area contributed by atoms with Crippen molar-refractivity contribution < 1.29 is 32.2 Å². The summed E-state index contributed by atoms with van der Waals surface area (Å²) in [5, 5.41) is 2.63. The van der Waals surface area contributed by atoms with E-state index in [1.807, 2.05) is 0 Å². The van der Waals surface area contributed by atoms with Gasteiger partial charge in [0.25, 0.3) is 5.91 Å². The number of hydrogen-bond donors (Lipinski definition) is 1. The third-order valence-corrected chi connectivity index (χ3v) is 6.87. The number of methoxy groups -OCH3 is 3. The van der Waals surface area contributed by atoms with Crippen LogP contribution in [0.15, 0.2) is 41.3 Å². The zero-order chi connectivity index (χ0) is 22.6. The molecular formula is C21H24N2O7S. The molecule has 9 nitrogen and oxygen atoms in total. The van der Waals surface area contributed by atoms with Crippen LogP contribution in [0.1, 0.15) is 33.6 Å². The molecule has 2 aromatic carbocycles. The molecule has 1 aliphatic rings. The monoisotopic (exact) mass is 448 g/mol. The molecule has 0 unspecified atom stereocenters. The lowest BCUT2D eigenvalue weighted by Gasteiger charge is -2.17. The highest BCUT2D eigenvalue weighted by atomic mass is 32.2.